The first kappa shape index (κ1) is 18.0. The van der Waals surface area contributed by atoms with Gasteiger partial charge in [0.05, 0.1) is 11.4 Å². The van der Waals surface area contributed by atoms with Gasteiger partial charge in [0.15, 0.2) is 0 Å². The van der Waals surface area contributed by atoms with Crippen LogP contribution < -0.4 is 5.32 Å². The van der Waals surface area contributed by atoms with E-state index in [2.05, 4.69) is 95.8 Å². The van der Waals surface area contributed by atoms with Crippen molar-refractivity contribution in [2.24, 2.45) is 4.99 Å². The quantitative estimate of drug-likeness (QED) is 0.639. The number of hydrogen-bond donors (Lipinski definition) is 1. The molecule has 5 rings (SSSR count). The van der Waals surface area contributed by atoms with Crippen LogP contribution in [0.4, 0.5) is 17.1 Å². The fourth-order valence-electron chi connectivity index (χ4n) is 4.16. The highest BCUT2D eigenvalue weighted by atomic mass is 15.3. The molecule has 0 spiro atoms. The summed E-state index contributed by atoms with van der Waals surface area (Å²) >= 11 is 0. The van der Waals surface area contributed by atoms with E-state index in [9.17, 15) is 0 Å². The predicted molar refractivity (Wildman–Crippen MR) is 122 cm³/mol. The van der Waals surface area contributed by atoms with Crippen LogP contribution in [0.15, 0.2) is 71.7 Å². The average molecular weight is 383 g/mol. The summed E-state index contributed by atoms with van der Waals surface area (Å²) in [5.74, 6) is 1.07. The molecule has 0 radical (unpaired) electrons. The maximum absolute atomic E-state index is 5.15. The summed E-state index contributed by atoms with van der Waals surface area (Å²) in [4.78, 5) is 9.96. The molecule has 0 atom stereocenters. The van der Waals surface area contributed by atoms with E-state index >= 15 is 0 Å². The van der Waals surface area contributed by atoms with Crippen LogP contribution in [0.5, 0.6) is 0 Å². The zero-order valence-corrected chi connectivity index (χ0v) is 17.0. The third kappa shape index (κ3) is 3.40. The second-order valence-corrected chi connectivity index (χ2v) is 7.94. The number of likely N-dealkylation sites (N-methyl/N-ethyl adjacent to an activating group) is 1. The molecule has 2 aliphatic heterocycles. The molecule has 3 aromatic rings. The van der Waals surface area contributed by atoms with Crippen molar-refractivity contribution in [2.75, 3.05) is 38.5 Å². The van der Waals surface area contributed by atoms with Gasteiger partial charge in [-0.1, -0.05) is 42.5 Å². The molecule has 0 bridgehead atoms. The van der Waals surface area contributed by atoms with E-state index in [0.717, 1.165) is 49.1 Å². The highest BCUT2D eigenvalue weighted by molar-refractivity contribution is 6.08. The molecule has 2 aliphatic rings. The Morgan fingerprint density at radius 3 is 2.38 bits per heavy atom. The number of hydrogen-bond acceptors (Lipinski definition) is 4. The molecular weight excluding hydrogens is 356 g/mol. The monoisotopic (exact) mass is 382 g/mol. The summed E-state index contributed by atoms with van der Waals surface area (Å²) in [6, 6.07) is 23.6. The fourth-order valence-corrected chi connectivity index (χ4v) is 4.16. The van der Waals surface area contributed by atoms with Crippen LogP contribution in [0.2, 0.25) is 0 Å². The summed E-state index contributed by atoms with van der Waals surface area (Å²) in [7, 11) is 2.19. The van der Waals surface area contributed by atoms with Crippen molar-refractivity contribution < 1.29 is 0 Å². The average Bonchev–Trinajstić information content (AvgIpc) is 2.91. The number of piperazine rings is 1. The smallest absolute Gasteiger partial charge is 0.138 e. The van der Waals surface area contributed by atoms with Gasteiger partial charge in [0.2, 0.25) is 0 Å². The highest BCUT2D eigenvalue weighted by Crippen LogP contribution is 2.37. The largest absolute Gasteiger partial charge is 0.353 e. The Morgan fingerprint density at radius 1 is 0.793 bits per heavy atom. The first-order valence-corrected chi connectivity index (χ1v) is 10.3. The molecule has 4 nitrogen and oxygen atoms in total. The fraction of sp³-hybridized carbons (Fsp3) is 0.240. The van der Waals surface area contributed by atoms with Crippen LogP contribution in [0, 0.1) is 6.92 Å². The first-order chi connectivity index (χ1) is 14.2. The Bertz CT molecular complexity index is 1080. The third-order valence-corrected chi connectivity index (χ3v) is 5.92. The summed E-state index contributed by atoms with van der Waals surface area (Å²) in [6.45, 7) is 6.27. The molecule has 1 fully saturated rings. The van der Waals surface area contributed by atoms with Gasteiger partial charge in [-0.15, -0.1) is 0 Å². The number of benzene rings is 3. The van der Waals surface area contributed by atoms with Crippen LogP contribution >= 0.6 is 0 Å². The molecule has 4 heteroatoms. The lowest BCUT2D eigenvalue weighted by Gasteiger charge is -2.35. The second kappa shape index (κ2) is 7.37. The first-order valence-electron chi connectivity index (χ1n) is 10.3. The normalized spacial score (nSPS) is 16.3. The van der Waals surface area contributed by atoms with Crippen LogP contribution in [0.1, 0.15) is 11.1 Å². The lowest BCUT2D eigenvalue weighted by molar-refractivity contribution is 0.216. The molecule has 2 heterocycles. The molecule has 0 unspecified atom stereocenters. The van der Waals surface area contributed by atoms with Crippen LogP contribution in [-0.4, -0.2) is 48.9 Å². The van der Waals surface area contributed by atoms with E-state index in [1.807, 2.05) is 0 Å². The number of nitrogens with zero attached hydrogens (tertiary/aromatic N) is 3. The van der Waals surface area contributed by atoms with Crippen molar-refractivity contribution in [2.45, 2.75) is 6.92 Å². The van der Waals surface area contributed by atoms with Crippen LogP contribution in [0.3, 0.4) is 0 Å². The number of aryl methyl sites for hydroxylation is 1. The third-order valence-electron chi connectivity index (χ3n) is 5.92. The molecule has 3 aromatic carbocycles. The number of rotatable bonds is 1. The number of amidine groups is 1. The van der Waals surface area contributed by atoms with Crippen molar-refractivity contribution in [1.82, 2.24) is 9.80 Å². The lowest BCUT2D eigenvalue weighted by Crippen LogP contribution is -2.47. The molecule has 0 aromatic heterocycles. The zero-order valence-electron chi connectivity index (χ0n) is 17.0. The van der Waals surface area contributed by atoms with Gasteiger partial charge in [-0.3, -0.25) is 0 Å². The Kier molecular flexibility index (Phi) is 4.57. The standard InChI is InChI=1S/C25H26N4/c1-18-7-3-4-8-20(18)19-11-12-22-21(17-19)25(29-15-13-28(2)14-16-29)27-24-10-6-5-9-23(24)26-22/h3-12,17,26H,13-16H2,1-2H3. The van der Waals surface area contributed by atoms with Gasteiger partial charge in [0.25, 0.3) is 0 Å². The minimum absolute atomic E-state index is 0.992. The van der Waals surface area contributed by atoms with Crippen LogP contribution in [-0.2, 0) is 0 Å². The lowest BCUT2D eigenvalue weighted by atomic mass is 9.97. The number of nitrogens with one attached hydrogen (secondary N) is 1. The number of aliphatic imine (C=N–C) groups is 1. The SMILES string of the molecule is Cc1ccccc1-c1ccc2c(c1)C(N1CCN(C)CC1)=Nc1ccccc1N2. The minimum atomic E-state index is 0.992. The molecule has 1 saturated heterocycles. The van der Waals surface area contributed by atoms with E-state index in [4.69, 9.17) is 4.99 Å². The molecule has 0 aliphatic carbocycles. The van der Waals surface area contributed by atoms with Crippen molar-refractivity contribution in [3.63, 3.8) is 0 Å². The number of anilines is 2. The van der Waals surface area contributed by atoms with E-state index < -0.39 is 0 Å². The second-order valence-electron chi connectivity index (χ2n) is 7.94. The van der Waals surface area contributed by atoms with Crippen molar-refractivity contribution in [3.05, 3.63) is 77.9 Å². The van der Waals surface area contributed by atoms with Gasteiger partial charge in [-0.2, -0.15) is 0 Å². The highest BCUT2D eigenvalue weighted by Gasteiger charge is 2.24. The molecular formula is C25H26N4. The van der Waals surface area contributed by atoms with Crippen molar-refractivity contribution in [3.8, 4) is 11.1 Å². The van der Waals surface area contributed by atoms with Gasteiger partial charge < -0.3 is 15.1 Å². The van der Waals surface area contributed by atoms with E-state index in [1.54, 1.807) is 0 Å². The van der Waals surface area contributed by atoms with E-state index in [1.165, 1.54) is 22.3 Å². The molecule has 146 valence electrons. The van der Waals surface area contributed by atoms with Gasteiger partial charge >= 0.3 is 0 Å². The van der Waals surface area contributed by atoms with E-state index in [0.29, 0.717) is 0 Å². The van der Waals surface area contributed by atoms with Gasteiger partial charge in [0, 0.05) is 37.4 Å². The molecule has 0 amide bonds. The zero-order chi connectivity index (χ0) is 19.8. The van der Waals surface area contributed by atoms with Crippen LogP contribution in [0.25, 0.3) is 11.1 Å². The van der Waals surface area contributed by atoms with Crippen molar-refractivity contribution in [1.29, 1.82) is 0 Å². The molecule has 0 saturated carbocycles. The van der Waals surface area contributed by atoms with Crippen molar-refractivity contribution >= 4 is 22.9 Å². The van der Waals surface area contributed by atoms with Gasteiger partial charge in [-0.05, 0) is 54.9 Å². The maximum atomic E-state index is 5.15. The Labute approximate surface area is 172 Å². The maximum Gasteiger partial charge on any atom is 0.138 e. The number of para-hydroxylation sites is 2. The summed E-state index contributed by atoms with van der Waals surface area (Å²) in [5.41, 5.74) is 8.13. The summed E-state index contributed by atoms with van der Waals surface area (Å²) in [6.07, 6.45) is 0. The Hall–Kier alpha value is -3.11. The Balaban J connectivity index is 1.66. The van der Waals surface area contributed by atoms with Gasteiger partial charge in [-0.25, -0.2) is 4.99 Å². The minimum Gasteiger partial charge on any atom is -0.353 e. The number of fused-ring (bicyclic) bond motifs is 2. The summed E-state index contributed by atoms with van der Waals surface area (Å²) in [5, 5.41) is 3.62. The Morgan fingerprint density at radius 2 is 1.55 bits per heavy atom. The van der Waals surface area contributed by atoms with Gasteiger partial charge in [0.1, 0.15) is 5.84 Å². The molecule has 1 N–H and O–H groups in total. The summed E-state index contributed by atoms with van der Waals surface area (Å²) < 4.78 is 0. The predicted octanol–water partition coefficient (Wildman–Crippen LogP) is 5.04. The van der Waals surface area contributed by atoms with E-state index in [-0.39, 0.29) is 0 Å². The topological polar surface area (TPSA) is 30.9 Å². The molecule has 29 heavy (non-hydrogen) atoms.